The van der Waals surface area contributed by atoms with E-state index in [9.17, 15) is 4.39 Å². The molecule has 0 aliphatic rings. The predicted molar refractivity (Wildman–Crippen MR) is 71.4 cm³/mol. The number of benzene rings is 1. The molecule has 2 aromatic heterocycles. The van der Waals surface area contributed by atoms with Gasteiger partial charge in [0.05, 0.1) is 18.6 Å². The summed E-state index contributed by atoms with van der Waals surface area (Å²) in [6.45, 7) is 0. The minimum Gasteiger partial charge on any atom is -0.472 e. The molecule has 0 spiro atoms. The summed E-state index contributed by atoms with van der Waals surface area (Å²) < 4.78 is 19.3. The van der Waals surface area contributed by atoms with Gasteiger partial charge in [-0.2, -0.15) is 0 Å². The highest BCUT2D eigenvalue weighted by Crippen LogP contribution is 2.33. The topological polar surface area (TPSA) is 25.2 Å². The van der Waals surface area contributed by atoms with Crippen molar-refractivity contribution < 1.29 is 8.81 Å². The Kier molecular flexibility index (Phi) is 2.89. The van der Waals surface area contributed by atoms with Crippen molar-refractivity contribution in [3.63, 3.8) is 0 Å². The summed E-state index contributed by atoms with van der Waals surface area (Å²) in [5.74, 6) is -0.194. The maximum atomic E-state index is 13.2. The lowest BCUT2D eigenvalue weighted by molar-refractivity contribution is 0.558. The summed E-state index contributed by atoms with van der Waals surface area (Å²) in [7, 11) is 1.91. The molecule has 3 rings (SSSR count). The van der Waals surface area contributed by atoms with Gasteiger partial charge in [0.15, 0.2) is 0 Å². The molecule has 4 heteroatoms. The van der Waals surface area contributed by atoms with Gasteiger partial charge in [-0.25, -0.2) is 4.39 Å². The van der Waals surface area contributed by atoms with E-state index in [0.717, 1.165) is 20.5 Å². The van der Waals surface area contributed by atoms with Crippen LogP contribution in [0.2, 0.25) is 0 Å². The third-order valence-corrected chi connectivity index (χ3v) is 4.11. The molecule has 3 aromatic rings. The Hall–Kier alpha value is -1.65. The van der Waals surface area contributed by atoms with Gasteiger partial charge in [-0.1, -0.05) is 6.07 Å². The zero-order valence-corrected chi connectivity index (χ0v) is 10.6. The highest BCUT2D eigenvalue weighted by Gasteiger charge is 2.16. The number of hydrogen-bond acceptors (Lipinski definition) is 3. The largest absolute Gasteiger partial charge is 0.472 e. The lowest BCUT2D eigenvalue weighted by atomic mass is 10.1. The molecule has 1 aromatic carbocycles. The van der Waals surface area contributed by atoms with Crippen LogP contribution in [0.1, 0.15) is 16.5 Å². The summed E-state index contributed by atoms with van der Waals surface area (Å²) in [6, 6.07) is 8.99. The average molecular weight is 261 g/mol. The second-order valence-electron chi connectivity index (χ2n) is 4.11. The fraction of sp³-hybridized carbons (Fsp3) is 0.143. The number of nitrogens with one attached hydrogen (secondary N) is 1. The summed E-state index contributed by atoms with van der Waals surface area (Å²) >= 11 is 1.60. The van der Waals surface area contributed by atoms with Crippen molar-refractivity contribution in [1.29, 1.82) is 0 Å². The van der Waals surface area contributed by atoms with Crippen molar-refractivity contribution >= 4 is 21.4 Å². The van der Waals surface area contributed by atoms with Crippen LogP contribution in [0.15, 0.2) is 47.3 Å². The second-order valence-corrected chi connectivity index (χ2v) is 5.22. The van der Waals surface area contributed by atoms with Gasteiger partial charge in [-0.15, -0.1) is 11.3 Å². The molecule has 0 aliphatic heterocycles. The SMILES string of the molecule is CNC(c1ccoc1)c1cc2ccc(F)cc2s1. The van der Waals surface area contributed by atoms with E-state index in [-0.39, 0.29) is 11.9 Å². The number of hydrogen-bond donors (Lipinski definition) is 1. The molecule has 92 valence electrons. The van der Waals surface area contributed by atoms with Gasteiger partial charge in [0.25, 0.3) is 0 Å². The Morgan fingerprint density at radius 2 is 2.17 bits per heavy atom. The van der Waals surface area contributed by atoms with Crippen molar-refractivity contribution in [2.75, 3.05) is 7.05 Å². The third kappa shape index (κ3) is 1.94. The molecule has 0 amide bonds. The number of furan rings is 1. The number of fused-ring (bicyclic) bond motifs is 1. The summed E-state index contributed by atoms with van der Waals surface area (Å²) in [5.41, 5.74) is 1.07. The van der Waals surface area contributed by atoms with Crippen molar-refractivity contribution in [2.45, 2.75) is 6.04 Å². The van der Waals surface area contributed by atoms with Gasteiger partial charge >= 0.3 is 0 Å². The first-order valence-corrected chi connectivity index (χ1v) is 6.48. The van der Waals surface area contributed by atoms with Crippen molar-refractivity contribution in [3.8, 4) is 0 Å². The maximum absolute atomic E-state index is 13.2. The molecular weight excluding hydrogens is 249 g/mol. The average Bonchev–Trinajstić information content (AvgIpc) is 2.98. The minimum atomic E-state index is -0.194. The highest BCUT2D eigenvalue weighted by molar-refractivity contribution is 7.19. The molecule has 0 aliphatic carbocycles. The van der Waals surface area contributed by atoms with Crippen LogP contribution in [0, 0.1) is 5.82 Å². The molecule has 0 saturated heterocycles. The van der Waals surface area contributed by atoms with Crippen molar-refractivity contribution in [3.05, 3.63) is 59.1 Å². The van der Waals surface area contributed by atoms with E-state index >= 15 is 0 Å². The van der Waals surface area contributed by atoms with Crippen LogP contribution >= 0.6 is 11.3 Å². The third-order valence-electron chi connectivity index (χ3n) is 2.95. The molecule has 2 heterocycles. The first kappa shape index (κ1) is 11.4. The standard InChI is InChI=1S/C14H12FNOS/c1-16-14(10-4-5-17-8-10)13-6-9-2-3-11(15)7-12(9)18-13/h2-8,14,16H,1H3. The molecule has 1 atom stereocenters. The quantitative estimate of drug-likeness (QED) is 0.772. The Morgan fingerprint density at radius 3 is 2.89 bits per heavy atom. The van der Waals surface area contributed by atoms with Crippen LogP contribution in [0.4, 0.5) is 4.39 Å². The Balaban J connectivity index is 2.07. The van der Waals surface area contributed by atoms with Crippen LogP contribution in [-0.2, 0) is 0 Å². The highest BCUT2D eigenvalue weighted by atomic mass is 32.1. The molecule has 0 bridgehead atoms. The van der Waals surface area contributed by atoms with Gasteiger partial charge < -0.3 is 9.73 Å². The Labute approximate surface area is 108 Å². The molecule has 2 nitrogen and oxygen atoms in total. The molecule has 0 saturated carbocycles. The van der Waals surface area contributed by atoms with E-state index in [1.54, 1.807) is 29.9 Å². The molecular formula is C14H12FNOS. The van der Waals surface area contributed by atoms with E-state index in [0.29, 0.717) is 0 Å². The summed E-state index contributed by atoms with van der Waals surface area (Å²) in [6.07, 6.45) is 3.39. The zero-order valence-electron chi connectivity index (χ0n) is 9.81. The predicted octanol–water partition coefficient (Wildman–Crippen LogP) is 3.94. The number of thiophene rings is 1. The van der Waals surface area contributed by atoms with Crippen LogP contribution < -0.4 is 5.32 Å². The summed E-state index contributed by atoms with van der Waals surface area (Å²) in [4.78, 5) is 1.15. The summed E-state index contributed by atoms with van der Waals surface area (Å²) in [5, 5.41) is 4.32. The monoisotopic (exact) mass is 261 g/mol. The van der Waals surface area contributed by atoms with Crippen molar-refractivity contribution in [2.24, 2.45) is 0 Å². The van der Waals surface area contributed by atoms with Crippen LogP contribution in [0.5, 0.6) is 0 Å². The molecule has 1 unspecified atom stereocenters. The Morgan fingerprint density at radius 1 is 1.28 bits per heavy atom. The van der Waals surface area contributed by atoms with E-state index in [1.165, 1.54) is 6.07 Å². The smallest absolute Gasteiger partial charge is 0.124 e. The first-order chi connectivity index (χ1) is 8.78. The second kappa shape index (κ2) is 4.55. The number of rotatable bonds is 3. The van der Waals surface area contributed by atoms with Crippen LogP contribution in [0.3, 0.4) is 0 Å². The zero-order chi connectivity index (χ0) is 12.5. The van der Waals surface area contributed by atoms with E-state index in [1.807, 2.05) is 19.2 Å². The van der Waals surface area contributed by atoms with Crippen LogP contribution in [0.25, 0.3) is 10.1 Å². The lowest BCUT2D eigenvalue weighted by Crippen LogP contribution is -2.15. The van der Waals surface area contributed by atoms with E-state index in [4.69, 9.17) is 4.42 Å². The van der Waals surface area contributed by atoms with Gasteiger partial charge in [0.1, 0.15) is 5.82 Å². The van der Waals surface area contributed by atoms with Crippen LogP contribution in [-0.4, -0.2) is 7.05 Å². The minimum absolute atomic E-state index is 0.0872. The van der Waals surface area contributed by atoms with Gasteiger partial charge in [0, 0.05) is 15.1 Å². The lowest BCUT2D eigenvalue weighted by Gasteiger charge is -2.11. The molecule has 18 heavy (non-hydrogen) atoms. The molecule has 1 N–H and O–H groups in total. The Bertz CT molecular complexity index is 660. The van der Waals surface area contributed by atoms with Gasteiger partial charge in [-0.3, -0.25) is 0 Å². The fourth-order valence-corrected chi connectivity index (χ4v) is 3.31. The fourth-order valence-electron chi connectivity index (χ4n) is 2.08. The molecule has 0 radical (unpaired) electrons. The first-order valence-electron chi connectivity index (χ1n) is 5.66. The van der Waals surface area contributed by atoms with Crippen molar-refractivity contribution in [1.82, 2.24) is 5.32 Å². The maximum Gasteiger partial charge on any atom is 0.124 e. The molecule has 0 fully saturated rings. The number of halogens is 1. The van der Waals surface area contributed by atoms with Gasteiger partial charge in [-0.05, 0) is 36.7 Å². The van der Waals surface area contributed by atoms with E-state index in [2.05, 4.69) is 11.4 Å². The van der Waals surface area contributed by atoms with E-state index < -0.39 is 0 Å². The van der Waals surface area contributed by atoms with Gasteiger partial charge in [0.2, 0.25) is 0 Å². The normalized spacial score (nSPS) is 13.0.